The maximum Gasteiger partial charge on any atom is 0.249 e. The lowest BCUT2D eigenvalue weighted by Gasteiger charge is -2.04. The highest BCUT2D eigenvalue weighted by Crippen LogP contribution is 2.15. The van der Waals surface area contributed by atoms with Crippen LogP contribution in [0.5, 0.6) is 0 Å². The Morgan fingerprint density at radius 2 is 2.06 bits per heavy atom. The summed E-state index contributed by atoms with van der Waals surface area (Å²) in [6.45, 7) is 9.09. The minimum atomic E-state index is 0.0152. The molecule has 4 nitrogen and oxygen atoms in total. The van der Waals surface area contributed by atoms with Crippen LogP contribution in [0.25, 0.3) is 0 Å². The van der Waals surface area contributed by atoms with Crippen molar-refractivity contribution in [1.82, 2.24) is 9.78 Å². The van der Waals surface area contributed by atoms with E-state index in [0.717, 1.165) is 24.2 Å². The van der Waals surface area contributed by atoms with Gasteiger partial charge in [-0.25, -0.2) is 4.68 Å². The zero-order valence-corrected chi connectivity index (χ0v) is 11.2. The minimum absolute atomic E-state index is 0.0152. The Hall–Kier alpha value is -1.16. The molecule has 4 heteroatoms. The van der Waals surface area contributed by atoms with Gasteiger partial charge in [-0.05, 0) is 32.8 Å². The van der Waals surface area contributed by atoms with Gasteiger partial charge < -0.3 is 4.74 Å². The van der Waals surface area contributed by atoms with Crippen LogP contribution in [-0.4, -0.2) is 28.9 Å². The number of carbonyl (C=O) groups is 1. The summed E-state index contributed by atoms with van der Waals surface area (Å²) >= 11 is 0. The van der Waals surface area contributed by atoms with Crippen LogP contribution in [0.4, 0.5) is 0 Å². The van der Waals surface area contributed by atoms with Gasteiger partial charge in [0.05, 0.1) is 18.7 Å². The van der Waals surface area contributed by atoms with Crippen LogP contribution in [0.2, 0.25) is 0 Å². The van der Waals surface area contributed by atoms with Crippen molar-refractivity contribution in [2.45, 2.75) is 47.0 Å². The lowest BCUT2D eigenvalue weighted by Crippen LogP contribution is -2.16. The maximum atomic E-state index is 11.9. The molecule has 0 N–H and O–H groups in total. The molecule has 1 heterocycles. The van der Waals surface area contributed by atoms with Gasteiger partial charge in [0, 0.05) is 12.3 Å². The predicted octanol–water partition coefficient (Wildman–Crippen LogP) is 2.52. The van der Waals surface area contributed by atoms with E-state index in [1.54, 1.807) is 0 Å². The Kier molecular flexibility index (Phi) is 5.35. The summed E-state index contributed by atoms with van der Waals surface area (Å²) in [5, 5.41) is 4.32. The van der Waals surface area contributed by atoms with E-state index in [1.807, 2.05) is 20.8 Å². The summed E-state index contributed by atoms with van der Waals surface area (Å²) in [6.07, 6.45) is 2.44. The van der Waals surface area contributed by atoms with Gasteiger partial charge in [-0.15, -0.1) is 0 Å². The standard InChI is InChI=1S/C13H22N2O2/c1-5-7-12-10(3)14-15(11(12)4)13(16)8-9-17-6-2/h5-9H2,1-4H3. The van der Waals surface area contributed by atoms with E-state index in [0.29, 0.717) is 19.6 Å². The Balaban J connectivity index is 2.77. The van der Waals surface area contributed by atoms with Crippen LogP contribution < -0.4 is 0 Å². The molecule has 1 rings (SSSR count). The number of aromatic nitrogens is 2. The first kappa shape index (κ1) is 13.9. The molecule has 0 atom stereocenters. The second kappa shape index (κ2) is 6.55. The first-order valence-corrected chi connectivity index (χ1v) is 6.27. The van der Waals surface area contributed by atoms with E-state index < -0.39 is 0 Å². The molecule has 1 aromatic rings. The van der Waals surface area contributed by atoms with Gasteiger partial charge in [0.2, 0.25) is 5.91 Å². The maximum absolute atomic E-state index is 11.9. The van der Waals surface area contributed by atoms with Crippen molar-refractivity contribution >= 4 is 5.91 Å². The van der Waals surface area contributed by atoms with Gasteiger partial charge in [0.1, 0.15) is 0 Å². The first-order valence-electron chi connectivity index (χ1n) is 6.27. The van der Waals surface area contributed by atoms with E-state index in [1.165, 1.54) is 10.2 Å². The normalized spacial score (nSPS) is 10.8. The van der Waals surface area contributed by atoms with Crippen molar-refractivity contribution in [3.8, 4) is 0 Å². The monoisotopic (exact) mass is 238 g/mol. The molecule has 0 radical (unpaired) electrons. The Bertz CT molecular complexity index is 383. The zero-order chi connectivity index (χ0) is 12.8. The average Bonchev–Trinajstić information content (AvgIpc) is 2.58. The molecule has 0 aliphatic carbocycles. The van der Waals surface area contributed by atoms with Crippen LogP contribution in [0.1, 0.15) is 48.4 Å². The highest BCUT2D eigenvalue weighted by atomic mass is 16.5. The molecule has 0 aliphatic heterocycles. The molecule has 0 spiro atoms. The summed E-state index contributed by atoms with van der Waals surface area (Å²) < 4.78 is 6.72. The van der Waals surface area contributed by atoms with Crippen LogP contribution >= 0.6 is 0 Å². The average molecular weight is 238 g/mol. The number of rotatable bonds is 6. The van der Waals surface area contributed by atoms with Crippen molar-refractivity contribution in [2.24, 2.45) is 0 Å². The molecular formula is C13H22N2O2. The zero-order valence-electron chi connectivity index (χ0n) is 11.2. The first-order chi connectivity index (χ1) is 8.11. The fourth-order valence-corrected chi connectivity index (χ4v) is 1.94. The summed E-state index contributed by atoms with van der Waals surface area (Å²) in [4.78, 5) is 11.9. The Morgan fingerprint density at radius 1 is 1.35 bits per heavy atom. The molecular weight excluding hydrogens is 216 g/mol. The molecule has 1 aromatic heterocycles. The molecule has 0 fully saturated rings. The second-order valence-electron chi connectivity index (χ2n) is 4.15. The lowest BCUT2D eigenvalue weighted by molar-refractivity contribution is 0.0799. The number of ether oxygens (including phenoxy) is 1. The van der Waals surface area contributed by atoms with Gasteiger partial charge in [-0.3, -0.25) is 4.79 Å². The van der Waals surface area contributed by atoms with E-state index in [4.69, 9.17) is 4.74 Å². The topological polar surface area (TPSA) is 44.1 Å². The third-order valence-electron chi connectivity index (χ3n) is 2.84. The van der Waals surface area contributed by atoms with Gasteiger partial charge in [-0.2, -0.15) is 5.10 Å². The van der Waals surface area contributed by atoms with E-state index in [2.05, 4.69) is 12.0 Å². The summed E-state index contributed by atoms with van der Waals surface area (Å²) in [6, 6.07) is 0. The lowest BCUT2D eigenvalue weighted by atomic mass is 10.1. The van der Waals surface area contributed by atoms with Gasteiger partial charge in [0.15, 0.2) is 0 Å². The fraction of sp³-hybridized carbons (Fsp3) is 0.692. The highest BCUT2D eigenvalue weighted by molar-refractivity contribution is 5.79. The van der Waals surface area contributed by atoms with Gasteiger partial charge in [0.25, 0.3) is 0 Å². The molecule has 0 saturated carbocycles. The largest absolute Gasteiger partial charge is 0.381 e. The molecule has 96 valence electrons. The van der Waals surface area contributed by atoms with Gasteiger partial charge >= 0.3 is 0 Å². The van der Waals surface area contributed by atoms with E-state index >= 15 is 0 Å². The van der Waals surface area contributed by atoms with Crippen molar-refractivity contribution in [2.75, 3.05) is 13.2 Å². The quantitative estimate of drug-likeness (QED) is 0.715. The van der Waals surface area contributed by atoms with Crippen LogP contribution in [0, 0.1) is 13.8 Å². The molecule has 0 aliphatic rings. The summed E-state index contributed by atoms with van der Waals surface area (Å²) in [5.74, 6) is 0.0152. The number of hydrogen-bond donors (Lipinski definition) is 0. The van der Waals surface area contributed by atoms with Crippen LogP contribution in [0.3, 0.4) is 0 Å². The molecule has 0 amide bonds. The third-order valence-corrected chi connectivity index (χ3v) is 2.84. The number of nitrogens with zero attached hydrogens (tertiary/aromatic N) is 2. The minimum Gasteiger partial charge on any atom is -0.381 e. The number of hydrogen-bond acceptors (Lipinski definition) is 3. The van der Waals surface area contributed by atoms with Crippen molar-refractivity contribution in [3.05, 3.63) is 17.0 Å². The van der Waals surface area contributed by atoms with Crippen LogP contribution in [-0.2, 0) is 11.2 Å². The molecule has 0 saturated heterocycles. The second-order valence-corrected chi connectivity index (χ2v) is 4.15. The number of carbonyl (C=O) groups excluding carboxylic acids is 1. The molecule has 0 unspecified atom stereocenters. The SMILES string of the molecule is CCCc1c(C)nn(C(=O)CCOCC)c1C. The van der Waals surface area contributed by atoms with Gasteiger partial charge in [-0.1, -0.05) is 13.3 Å². The van der Waals surface area contributed by atoms with Crippen LogP contribution in [0.15, 0.2) is 0 Å². The smallest absolute Gasteiger partial charge is 0.249 e. The third kappa shape index (κ3) is 3.40. The molecule has 0 bridgehead atoms. The van der Waals surface area contributed by atoms with Crippen molar-refractivity contribution in [3.63, 3.8) is 0 Å². The molecule has 17 heavy (non-hydrogen) atoms. The Labute approximate surface area is 103 Å². The van der Waals surface area contributed by atoms with E-state index in [-0.39, 0.29) is 5.91 Å². The fourth-order valence-electron chi connectivity index (χ4n) is 1.94. The van der Waals surface area contributed by atoms with Crippen molar-refractivity contribution in [1.29, 1.82) is 0 Å². The van der Waals surface area contributed by atoms with E-state index in [9.17, 15) is 4.79 Å². The van der Waals surface area contributed by atoms with Crippen molar-refractivity contribution < 1.29 is 9.53 Å². The number of aryl methyl sites for hydroxylation is 1. The molecule has 0 aromatic carbocycles. The summed E-state index contributed by atoms with van der Waals surface area (Å²) in [5.41, 5.74) is 3.15. The highest BCUT2D eigenvalue weighted by Gasteiger charge is 2.15. The summed E-state index contributed by atoms with van der Waals surface area (Å²) in [7, 11) is 0. The predicted molar refractivity (Wildman–Crippen MR) is 67.4 cm³/mol. The Morgan fingerprint density at radius 3 is 2.65 bits per heavy atom.